The topological polar surface area (TPSA) is 42.1 Å². The monoisotopic (exact) mass is 299 g/mol. The highest BCUT2D eigenvalue weighted by molar-refractivity contribution is 6.16. The van der Waals surface area contributed by atoms with Gasteiger partial charge < -0.3 is 9.05 Å². The molecule has 4 aromatic carbocycles. The predicted molar refractivity (Wildman–Crippen MR) is 93.0 cm³/mol. The van der Waals surface area contributed by atoms with E-state index >= 15 is 0 Å². The SMILES string of the molecule is c1ccc2c(c1)ccc1c3ccc4ccccc4c3o[nH]oc21. The quantitative estimate of drug-likeness (QED) is 0.384. The zero-order valence-electron chi connectivity index (χ0n) is 12.2. The molecule has 0 aliphatic heterocycles. The van der Waals surface area contributed by atoms with E-state index in [0.29, 0.717) is 0 Å². The summed E-state index contributed by atoms with van der Waals surface area (Å²) >= 11 is 0. The summed E-state index contributed by atoms with van der Waals surface area (Å²) in [5.41, 5.74) is 1.58. The van der Waals surface area contributed by atoms with E-state index in [1.165, 1.54) is 0 Å². The van der Waals surface area contributed by atoms with Gasteiger partial charge in [0.05, 0.1) is 0 Å². The van der Waals surface area contributed by atoms with Crippen molar-refractivity contribution in [3.8, 4) is 0 Å². The summed E-state index contributed by atoms with van der Waals surface area (Å²) in [6, 6.07) is 24.7. The second kappa shape index (κ2) is 4.65. The van der Waals surface area contributed by atoms with Gasteiger partial charge in [0.2, 0.25) is 0 Å². The average molecular weight is 299 g/mol. The van der Waals surface area contributed by atoms with E-state index in [-0.39, 0.29) is 0 Å². The van der Waals surface area contributed by atoms with E-state index in [9.17, 15) is 0 Å². The number of rotatable bonds is 0. The lowest BCUT2D eigenvalue weighted by atomic mass is 10.0. The van der Waals surface area contributed by atoms with Crippen molar-refractivity contribution in [2.75, 3.05) is 0 Å². The lowest BCUT2D eigenvalue weighted by Gasteiger charge is -2.01. The number of hydrogen-bond donors (Lipinski definition) is 1. The van der Waals surface area contributed by atoms with Gasteiger partial charge in [-0.1, -0.05) is 66.0 Å². The van der Waals surface area contributed by atoms with E-state index < -0.39 is 0 Å². The molecule has 0 radical (unpaired) electrons. The summed E-state index contributed by atoms with van der Waals surface area (Å²) in [5, 5.41) is 9.08. The van der Waals surface area contributed by atoms with Crippen molar-refractivity contribution in [1.82, 2.24) is 5.33 Å². The predicted octanol–water partition coefficient (Wildman–Crippen LogP) is 5.94. The highest BCUT2D eigenvalue weighted by Gasteiger charge is 2.09. The third-order valence-corrected chi connectivity index (χ3v) is 4.34. The van der Waals surface area contributed by atoms with Crippen molar-refractivity contribution < 1.29 is 9.05 Å². The molecule has 0 aliphatic carbocycles. The van der Waals surface area contributed by atoms with Crippen molar-refractivity contribution in [2.45, 2.75) is 0 Å². The normalized spacial score (nSPS) is 11.5. The lowest BCUT2D eigenvalue weighted by molar-refractivity contribution is 0.229. The maximum atomic E-state index is 5.72. The number of benzene rings is 4. The van der Waals surface area contributed by atoms with Crippen molar-refractivity contribution in [3.05, 3.63) is 72.8 Å². The smallest absolute Gasteiger partial charge is 0.174 e. The van der Waals surface area contributed by atoms with E-state index in [0.717, 1.165) is 43.5 Å². The van der Waals surface area contributed by atoms with Gasteiger partial charge in [-0.2, -0.15) is 0 Å². The molecule has 0 atom stereocenters. The molecule has 0 fully saturated rings. The van der Waals surface area contributed by atoms with Crippen LogP contribution in [0.25, 0.3) is 43.5 Å². The fourth-order valence-corrected chi connectivity index (χ4v) is 3.23. The molecule has 3 heteroatoms. The molecule has 1 heterocycles. The molecule has 0 saturated carbocycles. The van der Waals surface area contributed by atoms with Crippen LogP contribution in [-0.2, 0) is 0 Å². The van der Waals surface area contributed by atoms with Gasteiger partial charge in [-0.05, 0) is 22.9 Å². The van der Waals surface area contributed by atoms with Gasteiger partial charge in [-0.25, -0.2) is 0 Å². The zero-order valence-corrected chi connectivity index (χ0v) is 12.2. The van der Waals surface area contributed by atoms with Crippen LogP contribution in [0.4, 0.5) is 0 Å². The Labute approximate surface area is 131 Å². The third kappa shape index (κ3) is 1.77. The Morgan fingerprint density at radius 3 is 1.48 bits per heavy atom. The van der Waals surface area contributed by atoms with Crippen LogP contribution in [0.1, 0.15) is 0 Å². The standard InChI is InChI=1S/C20H13NO2/c1-3-7-15-13(5-1)9-11-17-18-12-10-14-6-2-4-8-16(14)20(18)23-21-22-19(15)17/h1-12,21H. The maximum Gasteiger partial charge on any atom is 0.174 e. The second-order valence-electron chi connectivity index (χ2n) is 5.61. The minimum Gasteiger partial charge on any atom is -0.351 e. The molecule has 0 aliphatic rings. The van der Waals surface area contributed by atoms with Crippen LogP contribution in [-0.4, -0.2) is 5.33 Å². The maximum absolute atomic E-state index is 5.72. The molecule has 0 amide bonds. The molecule has 1 aromatic heterocycles. The molecule has 1 N–H and O–H groups in total. The minimum atomic E-state index is 0.789. The molecule has 3 nitrogen and oxygen atoms in total. The van der Waals surface area contributed by atoms with E-state index in [1.807, 2.05) is 24.3 Å². The van der Waals surface area contributed by atoms with Gasteiger partial charge in [0.1, 0.15) is 0 Å². The Bertz CT molecular complexity index is 1130. The van der Waals surface area contributed by atoms with Gasteiger partial charge >= 0.3 is 0 Å². The number of H-pyrrole nitrogens is 1. The summed E-state index contributed by atoms with van der Waals surface area (Å²) in [7, 11) is 0. The van der Waals surface area contributed by atoms with E-state index in [1.54, 1.807) is 0 Å². The van der Waals surface area contributed by atoms with Crippen molar-refractivity contribution >= 4 is 43.5 Å². The number of hydrogen-bond acceptors (Lipinski definition) is 2. The molecule has 23 heavy (non-hydrogen) atoms. The second-order valence-corrected chi connectivity index (χ2v) is 5.61. The lowest BCUT2D eigenvalue weighted by Crippen LogP contribution is -1.78. The van der Waals surface area contributed by atoms with Crippen LogP contribution < -0.4 is 0 Å². The number of aromatic amines is 1. The average Bonchev–Trinajstić information content (AvgIpc) is 2.81. The Morgan fingerprint density at radius 2 is 0.957 bits per heavy atom. The summed E-state index contributed by atoms with van der Waals surface area (Å²) in [6.07, 6.45) is 0. The van der Waals surface area contributed by atoms with E-state index in [2.05, 4.69) is 53.9 Å². The van der Waals surface area contributed by atoms with Gasteiger partial charge in [-0.15, -0.1) is 0 Å². The molecule has 110 valence electrons. The first kappa shape index (κ1) is 12.4. The Balaban J connectivity index is 2.08. The molecular formula is C20H13NO2. The first-order valence-electron chi connectivity index (χ1n) is 7.54. The van der Waals surface area contributed by atoms with Crippen LogP contribution in [0, 0.1) is 0 Å². The molecule has 0 spiro atoms. The van der Waals surface area contributed by atoms with Crippen molar-refractivity contribution in [1.29, 1.82) is 0 Å². The highest BCUT2D eigenvalue weighted by Crippen LogP contribution is 2.32. The van der Waals surface area contributed by atoms with Crippen molar-refractivity contribution in [3.63, 3.8) is 0 Å². The minimum absolute atomic E-state index is 0.789. The van der Waals surface area contributed by atoms with Crippen LogP contribution >= 0.6 is 0 Å². The van der Waals surface area contributed by atoms with Crippen LogP contribution in [0.3, 0.4) is 0 Å². The first-order chi connectivity index (χ1) is 11.4. The third-order valence-electron chi connectivity index (χ3n) is 4.34. The first-order valence-corrected chi connectivity index (χ1v) is 7.54. The van der Waals surface area contributed by atoms with Crippen LogP contribution in [0.15, 0.2) is 81.8 Å². The summed E-state index contributed by atoms with van der Waals surface area (Å²) in [6.45, 7) is 0. The van der Waals surface area contributed by atoms with Crippen LogP contribution in [0.5, 0.6) is 0 Å². The fourth-order valence-electron chi connectivity index (χ4n) is 3.23. The largest absolute Gasteiger partial charge is 0.351 e. The van der Waals surface area contributed by atoms with Gasteiger partial charge in [0.25, 0.3) is 0 Å². The van der Waals surface area contributed by atoms with E-state index in [4.69, 9.17) is 9.05 Å². The summed E-state index contributed by atoms with van der Waals surface area (Å²) in [4.78, 5) is 0. The molecule has 0 bridgehead atoms. The zero-order chi connectivity index (χ0) is 15.2. The summed E-state index contributed by atoms with van der Waals surface area (Å²) in [5.74, 6) is 0. The Morgan fingerprint density at radius 1 is 0.478 bits per heavy atom. The highest BCUT2D eigenvalue weighted by atomic mass is 16.7. The van der Waals surface area contributed by atoms with Crippen molar-refractivity contribution in [2.24, 2.45) is 0 Å². The van der Waals surface area contributed by atoms with Gasteiger partial charge in [0.15, 0.2) is 11.2 Å². The Hall–Kier alpha value is -3.20. The molecule has 0 unspecified atom stereocenters. The Kier molecular flexibility index (Phi) is 2.50. The molecular weight excluding hydrogens is 286 g/mol. The number of nitrogens with one attached hydrogen (secondary N) is 1. The molecule has 5 rings (SSSR count). The van der Waals surface area contributed by atoms with Crippen LogP contribution in [0.2, 0.25) is 0 Å². The fraction of sp³-hybridized carbons (Fsp3) is 0. The molecule has 5 aromatic rings. The number of aromatic nitrogens is 1. The summed E-state index contributed by atoms with van der Waals surface area (Å²) < 4.78 is 11.4. The number of fused-ring (bicyclic) bond motifs is 7. The van der Waals surface area contributed by atoms with Gasteiger partial charge in [-0.3, -0.25) is 0 Å². The molecule has 0 saturated heterocycles. The van der Waals surface area contributed by atoms with Gasteiger partial charge in [0, 0.05) is 21.5 Å².